The zero-order valence-electron chi connectivity index (χ0n) is 10.6. The molecule has 3 aliphatic rings. The van der Waals surface area contributed by atoms with Crippen LogP contribution in [0.1, 0.15) is 6.92 Å². The van der Waals surface area contributed by atoms with E-state index in [4.69, 9.17) is 18.9 Å². The lowest BCUT2D eigenvalue weighted by Gasteiger charge is -2.29. The van der Waals surface area contributed by atoms with Gasteiger partial charge in [0.05, 0.1) is 19.3 Å². The van der Waals surface area contributed by atoms with Gasteiger partial charge in [-0.2, -0.15) is 0 Å². The summed E-state index contributed by atoms with van der Waals surface area (Å²) in [6.07, 6.45) is -0.483. The highest BCUT2D eigenvalue weighted by Gasteiger charge is 2.65. The van der Waals surface area contributed by atoms with E-state index in [1.165, 1.54) is 0 Å². The van der Waals surface area contributed by atoms with Gasteiger partial charge in [0.15, 0.2) is 6.10 Å². The predicted octanol–water partition coefficient (Wildman–Crippen LogP) is 0.533. The number of carbonyl (C=O) groups is 1. The van der Waals surface area contributed by atoms with Crippen LogP contribution in [0, 0.1) is 11.8 Å². The molecule has 18 heavy (non-hydrogen) atoms. The number of carbonyl (C=O) groups excluding carboxylic acids is 1. The SMILES string of the molecule is C=C(C)C(=O)OC1C2OC3C(COC31)C2COC. The number of rotatable bonds is 4. The quantitative estimate of drug-likeness (QED) is 0.541. The summed E-state index contributed by atoms with van der Waals surface area (Å²) in [7, 11) is 1.67. The highest BCUT2D eigenvalue weighted by molar-refractivity contribution is 5.87. The van der Waals surface area contributed by atoms with Crippen molar-refractivity contribution in [2.24, 2.45) is 11.8 Å². The van der Waals surface area contributed by atoms with E-state index in [9.17, 15) is 4.79 Å². The van der Waals surface area contributed by atoms with Crippen molar-refractivity contribution in [2.75, 3.05) is 20.3 Å². The van der Waals surface area contributed by atoms with Crippen LogP contribution in [0.5, 0.6) is 0 Å². The number of fused-ring (bicyclic) bond motifs is 1. The highest BCUT2D eigenvalue weighted by Crippen LogP contribution is 2.50. The Bertz CT molecular complexity index is 380. The van der Waals surface area contributed by atoms with Crippen molar-refractivity contribution in [2.45, 2.75) is 31.3 Å². The molecule has 0 aliphatic carbocycles. The minimum atomic E-state index is -0.376. The van der Waals surface area contributed by atoms with Crippen molar-refractivity contribution in [1.82, 2.24) is 0 Å². The fraction of sp³-hybridized carbons (Fsp3) is 0.769. The van der Waals surface area contributed by atoms with Gasteiger partial charge >= 0.3 is 5.97 Å². The molecule has 2 bridgehead atoms. The first-order valence-electron chi connectivity index (χ1n) is 6.26. The lowest BCUT2D eigenvalue weighted by atomic mass is 9.79. The third-order valence-electron chi connectivity index (χ3n) is 4.11. The Hall–Kier alpha value is -0.910. The van der Waals surface area contributed by atoms with Crippen molar-refractivity contribution < 1.29 is 23.7 Å². The van der Waals surface area contributed by atoms with Crippen LogP contribution in [0.4, 0.5) is 0 Å². The van der Waals surface area contributed by atoms with Gasteiger partial charge in [-0.1, -0.05) is 6.58 Å². The molecule has 3 aliphatic heterocycles. The van der Waals surface area contributed by atoms with Crippen LogP contribution in [0.3, 0.4) is 0 Å². The Morgan fingerprint density at radius 1 is 1.39 bits per heavy atom. The molecule has 3 heterocycles. The van der Waals surface area contributed by atoms with E-state index in [1.807, 2.05) is 0 Å². The fourth-order valence-corrected chi connectivity index (χ4v) is 3.29. The predicted molar refractivity (Wildman–Crippen MR) is 62.0 cm³/mol. The molecule has 0 saturated carbocycles. The maximum absolute atomic E-state index is 11.7. The zero-order valence-corrected chi connectivity index (χ0v) is 10.6. The number of hydrogen-bond acceptors (Lipinski definition) is 5. The number of hydrogen-bond donors (Lipinski definition) is 0. The van der Waals surface area contributed by atoms with E-state index in [2.05, 4.69) is 6.58 Å². The van der Waals surface area contributed by atoms with Gasteiger partial charge in [0.1, 0.15) is 12.2 Å². The molecule has 0 aromatic carbocycles. The van der Waals surface area contributed by atoms with Crippen LogP contribution >= 0.6 is 0 Å². The van der Waals surface area contributed by atoms with Crippen LogP contribution in [0.2, 0.25) is 0 Å². The van der Waals surface area contributed by atoms with Gasteiger partial charge in [0.2, 0.25) is 0 Å². The second-order valence-corrected chi connectivity index (χ2v) is 5.30. The Morgan fingerprint density at radius 3 is 2.83 bits per heavy atom. The summed E-state index contributed by atoms with van der Waals surface area (Å²) in [5, 5.41) is 0. The topological polar surface area (TPSA) is 54.0 Å². The molecule has 5 nitrogen and oxygen atoms in total. The standard InChI is InChI=1S/C13H18O5/c1-6(2)13(14)18-12-10-7(4-15-3)8-5-16-11(12)9(8)17-10/h7-12H,1,4-5H2,2-3H3. The van der Waals surface area contributed by atoms with Gasteiger partial charge in [-0.3, -0.25) is 0 Å². The normalized spacial score (nSPS) is 44.3. The summed E-state index contributed by atoms with van der Waals surface area (Å²) in [6.45, 7) is 6.52. The minimum Gasteiger partial charge on any atom is -0.453 e. The number of esters is 1. The fourth-order valence-electron chi connectivity index (χ4n) is 3.29. The van der Waals surface area contributed by atoms with Gasteiger partial charge in [0, 0.05) is 24.5 Å². The van der Waals surface area contributed by atoms with Crippen molar-refractivity contribution in [1.29, 1.82) is 0 Å². The summed E-state index contributed by atoms with van der Waals surface area (Å²) < 4.78 is 22.3. The second-order valence-electron chi connectivity index (χ2n) is 5.30. The molecule has 0 amide bonds. The average molecular weight is 254 g/mol. The summed E-state index contributed by atoms with van der Waals surface area (Å²) in [4.78, 5) is 11.7. The first kappa shape index (κ1) is 12.1. The summed E-state index contributed by atoms with van der Waals surface area (Å²) in [6, 6.07) is 0. The number of methoxy groups -OCH3 is 1. The summed E-state index contributed by atoms with van der Waals surface area (Å²) in [5.41, 5.74) is 0.399. The molecule has 3 rings (SSSR count). The summed E-state index contributed by atoms with van der Waals surface area (Å²) >= 11 is 0. The van der Waals surface area contributed by atoms with E-state index in [0.717, 1.165) is 0 Å². The third kappa shape index (κ3) is 1.61. The lowest BCUT2D eigenvalue weighted by Crippen LogP contribution is -2.46. The monoisotopic (exact) mass is 254 g/mol. The van der Waals surface area contributed by atoms with Gasteiger partial charge in [-0.15, -0.1) is 0 Å². The molecule has 3 saturated heterocycles. The molecule has 6 unspecified atom stereocenters. The smallest absolute Gasteiger partial charge is 0.333 e. The van der Waals surface area contributed by atoms with E-state index < -0.39 is 0 Å². The largest absolute Gasteiger partial charge is 0.453 e. The maximum atomic E-state index is 11.7. The van der Waals surface area contributed by atoms with Crippen LogP contribution in [-0.4, -0.2) is 50.7 Å². The van der Waals surface area contributed by atoms with Crippen LogP contribution < -0.4 is 0 Å². The van der Waals surface area contributed by atoms with Crippen molar-refractivity contribution in [3.63, 3.8) is 0 Å². The van der Waals surface area contributed by atoms with E-state index in [1.54, 1.807) is 14.0 Å². The van der Waals surface area contributed by atoms with Crippen molar-refractivity contribution >= 4 is 5.97 Å². The lowest BCUT2D eigenvalue weighted by molar-refractivity contribution is -0.152. The van der Waals surface area contributed by atoms with Gasteiger partial charge < -0.3 is 18.9 Å². The van der Waals surface area contributed by atoms with Gasteiger partial charge in [0.25, 0.3) is 0 Å². The highest BCUT2D eigenvalue weighted by atomic mass is 16.6. The molecule has 3 fully saturated rings. The summed E-state index contributed by atoms with van der Waals surface area (Å²) in [5.74, 6) is 0.251. The molecule has 100 valence electrons. The van der Waals surface area contributed by atoms with E-state index >= 15 is 0 Å². The molecule has 0 spiro atoms. The van der Waals surface area contributed by atoms with Crippen LogP contribution in [-0.2, 0) is 23.7 Å². The second kappa shape index (κ2) is 4.33. The minimum absolute atomic E-state index is 0.0538. The molecule has 5 heteroatoms. The van der Waals surface area contributed by atoms with Gasteiger partial charge in [-0.25, -0.2) is 4.79 Å². The van der Waals surface area contributed by atoms with E-state index in [0.29, 0.717) is 24.7 Å². The van der Waals surface area contributed by atoms with Crippen molar-refractivity contribution in [3.05, 3.63) is 12.2 Å². The van der Waals surface area contributed by atoms with Crippen LogP contribution in [0.25, 0.3) is 0 Å². The first-order chi connectivity index (χ1) is 8.63. The molecular formula is C13H18O5. The molecule has 0 radical (unpaired) electrons. The molecule has 6 atom stereocenters. The molecule has 0 aromatic rings. The molecule has 0 aromatic heterocycles. The zero-order chi connectivity index (χ0) is 12.9. The third-order valence-corrected chi connectivity index (χ3v) is 4.11. The molecular weight excluding hydrogens is 236 g/mol. The van der Waals surface area contributed by atoms with Gasteiger partial charge in [-0.05, 0) is 6.92 Å². The Labute approximate surface area is 106 Å². The Balaban J connectivity index is 1.76. The van der Waals surface area contributed by atoms with E-state index in [-0.39, 0.29) is 36.3 Å². The maximum Gasteiger partial charge on any atom is 0.333 e. The Kier molecular flexibility index (Phi) is 2.92. The van der Waals surface area contributed by atoms with Crippen LogP contribution in [0.15, 0.2) is 12.2 Å². The number of ether oxygens (including phenoxy) is 4. The molecule has 0 N–H and O–H groups in total. The first-order valence-corrected chi connectivity index (χ1v) is 6.26. The Morgan fingerprint density at radius 2 is 2.17 bits per heavy atom. The average Bonchev–Trinajstić information content (AvgIpc) is 2.92. The van der Waals surface area contributed by atoms with Crippen molar-refractivity contribution in [3.8, 4) is 0 Å².